The van der Waals surface area contributed by atoms with Crippen molar-refractivity contribution in [1.29, 1.82) is 0 Å². The zero-order valence-electron chi connectivity index (χ0n) is 13.2. The fourth-order valence-electron chi connectivity index (χ4n) is 2.43. The van der Waals surface area contributed by atoms with E-state index in [-0.39, 0.29) is 17.6 Å². The second kappa shape index (κ2) is 6.19. The molecule has 7 heteroatoms. The molecule has 0 radical (unpaired) electrons. The maximum absolute atomic E-state index is 13.0. The first-order valence-corrected chi connectivity index (χ1v) is 7.28. The maximum atomic E-state index is 13.0. The molecule has 0 saturated heterocycles. The number of carbonyl (C=O) groups excluding carboxylic acids is 1. The molecule has 6 nitrogen and oxygen atoms in total. The fraction of sp³-hybridized carbons (Fsp3) is 0.176. The Balaban J connectivity index is 2.03. The van der Waals surface area contributed by atoms with E-state index in [2.05, 4.69) is 20.4 Å². The molecule has 1 amide bonds. The molecule has 0 fully saturated rings. The number of nitrogens with one attached hydrogen (secondary N) is 1. The fourth-order valence-corrected chi connectivity index (χ4v) is 2.43. The first-order valence-electron chi connectivity index (χ1n) is 7.28. The Morgan fingerprint density at radius 2 is 1.83 bits per heavy atom. The minimum absolute atomic E-state index is 0.225. The highest BCUT2D eigenvalue weighted by atomic mass is 19.1. The van der Waals surface area contributed by atoms with E-state index in [1.54, 1.807) is 43.6 Å². The summed E-state index contributed by atoms with van der Waals surface area (Å²) in [5.74, 6) is -0.0444. The standard InChI is InChI=1S/C17H15FN4O2/c1-11(23)21-17(2,13-7-9-19-10-8-13)16-20-15(22-24-16)12-3-5-14(18)6-4-12/h3-10H,1-2H3,(H,21,23). The Kier molecular flexibility index (Phi) is 4.07. The molecule has 0 aliphatic heterocycles. The Bertz CT molecular complexity index is 849. The molecule has 1 unspecified atom stereocenters. The van der Waals surface area contributed by atoms with Crippen LogP contribution in [0.2, 0.25) is 0 Å². The monoisotopic (exact) mass is 326 g/mol. The summed E-state index contributed by atoms with van der Waals surface area (Å²) in [5, 5.41) is 6.78. The molecular weight excluding hydrogens is 311 g/mol. The van der Waals surface area contributed by atoms with Crippen LogP contribution in [-0.4, -0.2) is 21.0 Å². The molecular formula is C17H15FN4O2. The van der Waals surface area contributed by atoms with Gasteiger partial charge in [-0.05, 0) is 48.9 Å². The van der Waals surface area contributed by atoms with Gasteiger partial charge in [-0.25, -0.2) is 4.39 Å². The minimum Gasteiger partial charge on any atom is -0.339 e. The van der Waals surface area contributed by atoms with Crippen molar-refractivity contribution in [2.75, 3.05) is 0 Å². The van der Waals surface area contributed by atoms with E-state index >= 15 is 0 Å². The van der Waals surface area contributed by atoms with Crippen LogP contribution < -0.4 is 5.32 Å². The summed E-state index contributed by atoms with van der Waals surface area (Å²) in [6, 6.07) is 9.29. The normalized spacial score (nSPS) is 13.3. The van der Waals surface area contributed by atoms with Crippen molar-refractivity contribution in [2.45, 2.75) is 19.4 Å². The smallest absolute Gasteiger partial charge is 0.257 e. The minimum atomic E-state index is -1.000. The molecule has 24 heavy (non-hydrogen) atoms. The van der Waals surface area contributed by atoms with Crippen molar-refractivity contribution < 1.29 is 13.7 Å². The average Bonchev–Trinajstić information content (AvgIpc) is 3.06. The Morgan fingerprint density at radius 3 is 2.46 bits per heavy atom. The van der Waals surface area contributed by atoms with Crippen molar-refractivity contribution in [3.63, 3.8) is 0 Å². The number of amides is 1. The van der Waals surface area contributed by atoms with Crippen LogP contribution >= 0.6 is 0 Å². The first-order chi connectivity index (χ1) is 11.5. The van der Waals surface area contributed by atoms with Gasteiger partial charge in [-0.2, -0.15) is 4.98 Å². The molecule has 1 atom stereocenters. The second-order valence-corrected chi connectivity index (χ2v) is 5.47. The number of pyridine rings is 1. The molecule has 122 valence electrons. The van der Waals surface area contributed by atoms with Gasteiger partial charge in [-0.1, -0.05) is 5.16 Å². The number of hydrogen-bond acceptors (Lipinski definition) is 5. The van der Waals surface area contributed by atoms with Crippen LogP contribution in [0.1, 0.15) is 25.3 Å². The van der Waals surface area contributed by atoms with Crippen LogP contribution in [-0.2, 0) is 10.3 Å². The number of carbonyl (C=O) groups is 1. The maximum Gasteiger partial charge on any atom is 0.257 e. The van der Waals surface area contributed by atoms with Gasteiger partial charge in [-0.15, -0.1) is 0 Å². The van der Waals surface area contributed by atoms with Crippen molar-refractivity contribution >= 4 is 5.91 Å². The van der Waals surface area contributed by atoms with Crippen molar-refractivity contribution in [2.24, 2.45) is 0 Å². The second-order valence-electron chi connectivity index (χ2n) is 5.47. The third-order valence-corrected chi connectivity index (χ3v) is 3.64. The third kappa shape index (κ3) is 3.01. The first kappa shape index (κ1) is 15.8. The van der Waals surface area contributed by atoms with Crippen molar-refractivity contribution in [3.05, 3.63) is 66.1 Å². The van der Waals surface area contributed by atoms with Crippen LogP contribution in [0.4, 0.5) is 4.39 Å². The van der Waals surface area contributed by atoms with Gasteiger partial charge in [0.2, 0.25) is 11.7 Å². The number of benzene rings is 1. The molecule has 0 spiro atoms. The molecule has 2 aromatic heterocycles. The summed E-state index contributed by atoms with van der Waals surface area (Å²) < 4.78 is 18.4. The number of rotatable bonds is 4. The zero-order valence-corrected chi connectivity index (χ0v) is 13.2. The van der Waals surface area contributed by atoms with Crippen molar-refractivity contribution in [3.8, 4) is 11.4 Å². The highest BCUT2D eigenvalue weighted by Crippen LogP contribution is 2.29. The molecule has 2 heterocycles. The number of hydrogen-bond donors (Lipinski definition) is 1. The molecule has 0 aliphatic carbocycles. The van der Waals surface area contributed by atoms with Crippen LogP contribution in [0.5, 0.6) is 0 Å². The summed E-state index contributed by atoms with van der Waals surface area (Å²) in [4.78, 5) is 20.0. The largest absolute Gasteiger partial charge is 0.339 e. The molecule has 0 saturated carbocycles. The molecule has 1 N–H and O–H groups in total. The lowest BCUT2D eigenvalue weighted by molar-refractivity contribution is -0.120. The van der Waals surface area contributed by atoms with E-state index in [0.717, 1.165) is 5.56 Å². The van der Waals surface area contributed by atoms with Crippen LogP contribution in [0.25, 0.3) is 11.4 Å². The highest BCUT2D eigenvalue weighted by Gasteiger charge is 2.36. The van der Waals surface area contributed by atoms with Gasteiger partial charge >= 0.3 is 0 Å². The predicted molar refractivity (Wildman–Crippen MR) is 84.2 cm³/mol. The Labute approximate surface area is 137 Å². The summed E-state index contributed by atoms with van der Waals surface area (Å²) in [5.41, 5.74) is 0.369. The van der Waals surface area contributed by atoms with Gasteiger partial charge < -0.3 is 9.84 Å². The molecule has 0 bridgehead atoms. The van der Waals surface area contributed by atoms with E-state index in [9.17, 15) is 9.18 Å². The van der Waals surface area contributed by atoms with Gasteiger partial charge in [-0.3, -0.25) is 9.78 Å². The van der Waals surface area contributed by atoms with Gasteiger partial charge in [0.1, 0.15) is 11.4 Å². The van der Waals surface area contributed by atoms with E-state index in [1.807, 2.05) is 0 Å². The summed E-state index contributed by atoms with van der Waals surface area (Å²) in [6.07, 6.45) is 3.24. The predicted octanol–water partition coefficient (Wildman–Crippen LogP) is 2.67. The Hall–Kier alpha value is -3.09. The van der Waals surface area contributed by atoms with Crippen LogP contribution in [0, 0.1) is 5.82 Å². The van der Waals surface area contributed by atoms with Crippen molar-refractivity contribution in [1.82, 2.24) is 20.4 Å². The average molecular weight is 326 g/mol. The molecule has 3 rings (SSSR count). The zero-order chi connectivity index (χ0) is 17.2. The lowest BCUT2D eigenvalue weighted by Crippen LogP contribution is -2.43. The number of halogens is 1. The van der Waals surface area contributed by atoms with Gasteiger partial charge in [0.15, 0.2) is 0 Å². The lowest BCUT2D eigenvalue weighted by atomic mass is 9.92. The molecule has 0 aliphatic rings. The highest BCUT2D eigenvalue weighted by molar-refractivity contribution is 5.74. The number of nitrogens with zero attached hydrogens (tertiary/aromatic N) is 3. The molecule has 1 aromatic carbocycles. The van der Waals surface area contributed by atoms with Crippen LogP contribution in [0.3, 0.4) is 0 Å². The quantitative estimate of drug-likeness (QED) is 0.797. The third-order valence-electron chi connectivity index (χ3n) is 3.64. The number of aromatic nitrogens is 3. The van der Waals surface area contributed by atoms with E-state index in [1.165, 1.54) is 19.1 Å². The summed E-state index contributed by atoms with van der Waals surface area (Å²) in [7, 11) is 0. The van der Waals surface area contributed by atoms with Gasteiger partial charge in [0.05, 0.1) is 0 Å². The van der Waals surface area contributed by atoms with E-state index < -0.39 is 5.54 Å². The summed E-state index contributed by atoms with van der Waals surface area (Å²) in [6.45, 7) is 3.18. The molecule has 3 aromatic rings. The SMILES string of the molecule is CC(=O)NC(C)(c1ccncc1)c1nc(-c2ccc(F)cc2)no1. The van der Waals surface area contributed by atoms with E-state index in [0.29, 0.717) is 11.4 Å². The summed E-state index contributed by atoms with van der Waals surface area (Å²) >= 11 is 0. The Morgan fingerprint density at radius 1 is 1.17 bits per heavy atom. The van der Waals surface area contributed by atoms with Gasteiger partial charge in [0.25, 0.3) is 5.89 Å². The lowest BCUT2D eigenvalue weighted by Gasteiger charge is -2.26. The van der Waals surface area contributed by atoms with Gasteiger partial charge in [0, 0.05) is 24.9 Å². The van der Waals surface area contributed by atoms with Crippen LogP contribution in [0.15, 0.2) is 53.3 Å². The topological polar surface area (TPSA) is 80.9 Å². The van der Waals surface area contributed by atoms with E-state index in [4.69, 9.17) is 4.52 Å².